The largest absolute Gasteiger partial charge is 0.479 e. The summed E-state index contributed by atoms with van der Waals surface area (Å²) in [6, 6.07) is 8.57. The Hall–Kier alpha value is -2.40. The lowest BCUT2D eigenvalue weighted by atomic mass is 10.3. The Kier molecular flexibility index (Phi) is 6.60. The van der Waals surface area contributed by atoms with E-state index in [1.807, 2.05) is 10.3 Å². The van der Waals surface area contributed by atoms with Gasteiger partial charge in [-0.05, 0) is 37.3 Å². The first-order valence-corrected chi connectivity index (χ1v) is 9.52. The Morgan fingerprint density at radius 1 is 1.19 bits per heavy atom. The summed E-state index contributed by atoms with van der Waals surface area (Å²) < 4.78 is 29.6. The summed E-state index contributed by atoms with van der Waals surface area (Å²) in [5, 5.41) is 11.2. The van der Waals surface area contributed by atoms with Gasteiger partial charge in [-0.25, -0.2) is 8.42 Å². The van der Waals surface area contributed by atoms with Crippen molar-refractivity contribution in [3.05, 3.63) is 62.6 Å². The molecule has 2 rings (SSSR count). The fourth-order valence-electron chi connectivity index (χ4n) is 1.84. The summed E-state index contributed by atoms with van der Waals surface area (Å²) in [6.07, 6.45) is -1.08. The molecule has 0 saturated heterocycles. The summed E-state index contributed by atoms with van der Waals surface area (Å²) in [6.45, 7) is 1.39. The van der Waals surface area contributed by atoms with Crippen molar-refractivity contribution in [3.8, 4) is 5.75 Å². The number of hydrazine groups is 1. The van der Waals surface area contributed by atoms with Gasteiger partial charge in [0.05, 0.1) is 14.8 Å². The fraction of sp³-hybridized carbons (Fsp3) is 0.133. The molecule has 0 unspecified atom stereocenters. The number of non-ortho nitro benzene ring substituents is 1. The molecule has 0 bridgehead atoms. The summed E-state index contributed by atoms with van der Waals surface area (Å²) in [5.41, 5.74) is 1.74. The second-order valence-corrected chi connectivity index (χ2v) is 7.71. The lowest BCUT2D eigenvalue weighted by Gasteiger charge is -2.16. The minimum atomic E-state index is -4.12. The molecule has 0 aliphatic heterocycles. The molecule has 1 amide bonds. The Bertz CT molecular complexity index is 966. The Labute approximate surface area is 164 Å². The monoisotopic (exact) mass is 433 g/mol. The molecule has 0 spiro atoms. The van der Waals surface area contributed by atoms with Crippen molar-refractivity contribution >= 4 is 44.8 Å². The van der Waals surface area contributed by atoms with E-state index in [0.29, 0.717) is 5.02 Å². The van der Waals surface area contributed by atoms with Crippen molar-refractivity contribution in [2.75, 3.05) is 0 Å². The van der Waals surface area contributed by atoms with Gasteiger partial charge in [0.1, 0.15) is 5.75 Å². The van der Waals surface area contributed by atoms with Crippen LogP contribution < -0.4 is 15.0 Å². The van der Waals surface area contributed by atoms with Crippen LogP contribution in [0.4, 0.5) is 5.69 Å². The second kappa shape index (κ2) is 8.53. The Balaban J connectivity index is 1.99. The van der Waals surface area contributed by atoms with Gasteiger partial charge in [0.2, 0.25) is 0 Å². The van der Waals surface area contributed by atoms with Crippen LogP contribution in [0.15, 0.2) is 47.4 Å². The molecule has 144 valence electrons. The molecule has 2 aromatic carbocycles. The van der Waals surface area contributed by atoms with Gasteiger partial charge in [-0.3, -0.25) is 20.3 Å². The first-order chi connectivity index (χ1) is 12.6. The van der Waals surface area contributed by atoms with E-state index in [9.17, 15) is 23.3 Å². The molecule has 1 atom stereocenters. The predicted octanol–water partition coefficient (Wildman–Crippen LogP) is 2.68. The van der Waals surface area contributed by atoms with Crippen LogP contribution in [0.1, 0.15) is 6.92 Å². The highest BCUT2D eigenvalue weighted by atomic mass is 35.5. The maximum absolute atomic E-state index is 12.1. The van der Waals surface area contributed by atoms with E-state index in [1.165, 1.54) is 25.1 Å². The molecular weight excluding hydrogens is 421 g/mol. The number of nitro benzene ring substituents is 1. The highest BCUT2D eigenvalue weighted by Crippen LogP contribution is 2.28. The zero-order valence-electron chi connectivity index (χ0n) is 13.7. The molecular formula is C15H13Cl2N3O6S. The van der Waals surface area contributed by atoms with E-state index >= 15 is 0 Å². The number of benzene rings is 2. The molecule has 0 aliphatic rings. The van der Waals surface area contributed by atoms with E-state index in [0.717, 1.165) is 24.3 Å². The third-order valence-electron chi connectivity index (χ3n) is 3.23. The van der Waals surface area contributed by atoms with Gasteiger partial charge in [0.15, 0.2) is 6.10 Å². The normalized spacial score (nSPS) is 12.3. The van der Waals surface area contributed by atoms with Crippen LogP contribution in [-0.4, -0.2) is 25.4 Å². The van der Waals surface area contributed by atoms with E-state index in [2.05, 4.69) is 0 Å². The number of rotatable bonds is 7. The van der Waals surface area contributed by atoms with Crippen molar-refractivity contribution in [1.82, 2.24) is 10.3 Å². The van der Waals surface area contributed by atoms with Crippen molar-refractivity contribution < 1.29 is 22.9 Å². The van der Waals surface area contributed by atoms with Crippen LogP contribution in [0.3, 0.4) is 0 Å². The number of carbonyl (C=O) groups excluding carboxylic acids is 1. The molecule has 0 radical (unpaired) electrons. The standard InChI is InChI=1S/C15H13Cl2N3O6S/c1-9(26-14-7-2-10(16)8-13(14)17)15(21)18-19-27(24,25)12-5-3-11(4-6-12)20(22)23/h2-9,19H,1H3,(H,18,21)/t9-/m0/s1. The number of carbonyl (C=O) groups is 1. The summed E-state index contributed by atoms with van der Waals surface area (Å²) in [5.74, 6) is -0.589. The minimum Gasteiger partial charge on any atom is -0.479 e. The van der Waals surface area contributed by atoms with Gasteiger partial charge in [-0.1, -0.05) is 23.2 Å². The zero-order chi connectivity index (χ0) is 20.2. The average Bonchev–Trinajstić information content (AvgIpc) is 2.62. The number of nitrogens with zero attached hydrogens (tertiary/aromatic N) is 1. The maximum Gasteiger partial charge on any atom is 0.275 e. The van der Waals surface area contributed by atoms with Crippen molar-refractivity contribution in [1.29, 1.82) is 0 Å². The van der Waals surface area contributed by atoms with E-state index < -0.39 is 27.0 Å². The molecule has 0 heterocycles. The van der Waals surface area contributed by atoms with E-state index in [4.69, 9.17) is 27.9 Å². The van der Waals surface area contributed by atoms with Crippen molar-refractivity contribution in [2.24, 2.45) is 0 Å². The summed E-state index contributed by atoms with van der Waals surface area (Å²) >= 11 is 11.7. The Morgan fingerprint density at radius 3 is 2.37 bits per heavy atom. The molecule has 12 heteroatoms. The molecule has 0 saturated carbocycles. The van der Waals surface area contributed by atoms with Crippen LogP contribution in [0.5, 0.6) is 5.75 Å². The van der Waals surface area contributed by atoms with Gasteiger partial charge in [-0.15, -0.1) is 4.83 Å². The predicted molar refractivity (Wildman–Crippen MR) is 98.1 cm³/mol. The third kappa shape index (κ3) is 5.54. The quantitative estimate of drug-likeness (QED) is 0.510. The van der Waals surface area contributed by atoms with Gasteiger partial charge in [0.25, 0.3) is 21.6 Å². The summed E-state index contributed by atoms with van der Waals surface area (Å²) in [7, 11) is -4.12. The molecule has 2 N–H and O–H groups in total. The topological polar surface area (TPSA) is 128 Å². The number of sulfonamides is 1. The molecule has 27 heavy (non-hydrogen) atoms. The lowest BCUT2D eigenvalue weighted by Crippen LogP contribution is -2.47. The van der Waals surface area contributed by atoms with Crippen LogP contribution in [0.25, 0.3) is 0 Å². The molecule has 9 nitrogen and oxygen atoms in total. The van der Waals surface area contributed by atoms with Crippen LogP contribution >= 0.6 is 23.2 Å². The van der Waals surface area contributed by atoms with Crippen molar-refractivity contribution in [2.45, 2.75) is 17.9 Å². The van der Waals surface area contributed by atoms with Crippen LogP contribution in [0.2, 0.25) is 10.0 Å². The highest BCUT2D eigenvalue weighted by molar-refractivity contribution is 7.89. The second-order valence-electron chi connectivity index (χ2n) is 5.18. The number of hydrogen-bond acceptors (Lipinski definition) is 6. The van der Waals surface area contributed by atoms with Crippen LogP contribution in [-0.2, 0) is 14.8 Å². The number of nitro groups is 1. The van der Waals surface area contributed by atoms with E-state index in [-0.39, 0.29) is 21.4 Å². The van der Waals surface area contributed by atoms with Gasteiger partial charge in [-0.2, -0.15) is 0 Å². The zero-order valence-corrected chi connectivity index (χ0v) is 16.0. The number of ether oxygens (including phenoxy) is 1. The highest BCUT2D eigenvalue weighted by Gasteiger charge is 2.20. The molecule has 0 aromatic heterocycles. The molecule has 2 aromatic rings. The SMILES string of the molecule is C[C@H](Oc1ccc(Cl)cc1Cl)C(=O)NNS(=O)(=O)c1ccc([N+](=O)[O-])cc1. The van der Waals surface area contributed by atoms with Gasteiger partial charge < -0.3 is 4.74 Å². The average molecular weight is 434 g/mol. The number of hydrogen-bond donors (Lipinski definition) is 2. The Morgan fingerprint density at radius 2 is 1.81 bits per heavy atom. The van der Waals surface area contributed by atoms with Crippen molar-refractivity contribution in [3.63, 3.8) is 0 Å². The molecule has 0 aliphatic carbocycles. The smallest absolute Gasteiger partial charge is 0.275 e. The van der Waals surface area contributed by atoms with Gasteiger partial charge in [0, 0.05) is 17.2 Å². The number of nitrogens with one attached hydrogen (secondary N) is 2. The first kappa shape index (κ1) is 20.9. The van der Waals surface area contributed by atoms with Crippen LogP contribution in [0, 0.1) is 10.1 Å². The maximum atomic E-state index is 12.1. The third-order valence-corrected chi connectivity index (χ3v) is 5.03. The lowest BCUT2D eigenvalue weighted by molar-refractivity contribution is -0.384. The van der Waals surface area contributed by atoms with E-state index in [1.54, 1.807) is 0 Å². The molecule has 0 fully saturated rings. The summed E-state index contributed by atoms with van der Waals surface area (Å²) in [4.78, 5) is 23.6. The minimum absolute atomic E-state index is 0.189. The number of halogens is 2. The first-order valence-electron chi connectivity index (χ1n) is 7.28. The fourth-order valence-corrected chi connectivity index (χ4v) is 3.14. The number of amides is 1. The van der Waals surface area contributed by atoms with Gasteiger partial charge >= 0.3 is 0 Å².